The summed E-state index contributed by atoms with van der Waals surface area (Å²) < 4.78 is 5.29. The number of benzene rings is 1. The van der Waals surface area contributed by atoms with Gasteiger partial charge in [-0.05, 0) is 5.56 Å². The van der Waals surface area contributed by atoms with Crippen molar-refractivity contribution in [2.45, 2.75) is 38.3 Å². The lowest BCUT2D eigenvalue weighted by atomic mass is 9.87. The van der Waals surface area contributed by atoms with E-state index in [1.165, 1.54) is 0 Å². The Morgan fingerprint density at radius 1 is 1.30 bits per heavy atom. The van der Waals surface area contributed by atoms with E-state index in [1.807, 2.05) is 44.2 Å². The van der Waals surface area contributed by atoms with Gasteiger partial charge in [0.05, 0.1) is 6.04 Å². The molecular formula is C16H20N4O3. The number of aliphatic carboxylic acids is 1. The fourth-order valence-electron chi connectivity index (χ4n) is 2.84. The van der Waals surface area contributed by atoms with E-state index in [4.69, 9.17) is 4.52 Å². The lowest BCUT2D eigenvalue weighted by Gasteiger charge is -2.19. The van der Waals surface area contributed by atoms with Gasteiger partial charge in [0.1, 0.15) is 6.04 Å². The Bertz CT molecular complexity index is 671. The first kappa shape index (κ1) is 15.6. The molecule has 0 saturated carbocycles. The molecule has 1 aliphatic heterocycles. The van der Waals surface area contributed by atoms with Crippen molar-refractivity contribution in [3.05, 3.63) is 47.6 Å². The minimum Gasteiger partial charge on any atom is -0.480 e. The van der Waals surface area contributed by atoms with Crippen molar-refractivity contribution < 1.29 is 14.4 Å². The molecule has 3 N–H and O–H groups in total. The molecule has 2 aromatic rings. The molecule has 3 unspecified atom stereocenters. The van der Waals surface area contributed by atoms with Crippen LogP contribution in [0.5, 0.6) is 0 Å². The highest BCUT2D eigenvalue weighted by Gasteiger charge is 2.41. The molecule has 0 spiro atoms. The Kier molecular flexibility index (Phi) is 4.40. The Balaban J connectivity index is 1.85. The summed E-state index contributed by atoms with van der Waals surface area (Å²) in [7, 11) is 0. The second kappa shape index (κ2) is 6.47. The molecule has 7 heteroatoms. The predicted octanol–water partition coefficient (Wildman–Crippen LogP) is 1.65. The molecule has 3 atom stereocenters. The smallest absolute Gasteiger partial charge is 0.322 e. The number of hydrazine groups is 1. The summed E-state index contributed by atoms with van der Waals surface area (Å²) >= 11 is 0. The van der Waals surface area contributed by atoms with Crippen molar-refractivity contribution in [3.8, 4) is 0 Å². The van der Waals surface area contributed by atoms with Crippen molar-refractivity contribution >= 4 is 5.97 Å². The Morgan fingerprint density at radius 3 is 2.65 bits per heavy atom. The second-order valence-electron chi connectivity index (χ2n) is 6.06. The molecule has 2 heterocycles. The Morgan fingerprint density at radius 2 is 2.04 bits per heavy atom. The SMILES string of the molecule is CC(C)c1noc(CC2C(C(=O)O)NNC2c2ccccc2)n1. The highest BCUT2D eigenvalue weighted by molar-refractivity contribution is 5.74. The molecule has 1 fully saturated rings. The van der Waals surface area contributed by atoms with E-state index in [9.17, 15) is 9.90 Å². The van der Waals surface area contributed by atoms with Crippen molar-refractivity contribution in [1.29, 1.82) is 0 Å². The molecule has 122 valence electrons. The number of carboxylic acid groups (broad SMARTS) is 1. The molecular weight excluding hydrogens is 296 g/mol. The standard InChI is InChI=1S/C16H20N4O3/c1-9(2)15-17-12(23-20-15)8-11-13(10-6-4-3-5-7-10)18-19-14(11)16(21)22/h3-7,9,11,13-14,18-19H,8H2,1-2H3,(H,21,22). The summed E-state index contributed by atoms with van der Waals surface area (Å²) in [5, 5.41) is 13.4. The van der Waals surface area contributed by atoms with E-state index in [1.54, 1.807) is 0 Å². The number of carbonyl (C=O) groups is 1. The molecule has 1 aliphatic rings. The summed E-state index contributed by atoms with van der Waals surface area (Å²) in [6.07, 6.45) is 0.399. The lowest BCUT2D eigenvalue weighted by Crippen LogP contribution is -2.39. The van der Waals surface area contributed by atoms with Gasteiger partial charge in [-0.1, -0.05) is 49.3 Å². The predicted molar refractivity (Wildman–Crippen MR) is 82.5 cm³/mol. The topological polar surface area (TPSA) is 100 Å². The van der Waals surface area contributed by atoms with E-state index in [0.29, 0.717) is 18.1 Å². The van der Waals surface area contributed by atoms with E-state index in [2.05, 4.69) is 21.0 Å². The fraction of sp³-hybridized carbons (Fsp3) is 0.438. The quantitative estimate of drug-likeness (QED) is 0.771. The molecule has 23 heavy (non-hydrogen) atoms. The first-order valence-electron chi connectivity index (χ1n) is 7.67. The van der Waals surface area contributed by atoms with Crippen LogP contribution in [0.2, 0.25) is 0 Å². The van der Waals surface area contributed by atoms with Crippen LogP contribution in [0.3, 0.4) is 0 Å². The van der Waals surface area contributed by atoms with Gasteiger partial charge < -0.3 is 9.63 Å². The van der Waals surface area contributed by atoms with E-state index < -0.39 is 12.0 Å². The number of hydrogen-bond acceptors (Lipinski definition) is 6. The molecule has 7 nitrogen and oxygen atoms in total. The number of nitrogens with one attached hydrogen (secondary N) is 2. The van der Waals surface area contributed by atoms with Gasteiger partial charge in [-0.15, -0.1) is 0 Å². The maximum Gasteiger partial charge on any atom is 0.322 e. The van der Waals surface area contributed by atoms with Crippen LogP contribution < -0.4 is 10.9 Å². The maximum absolute atomic E-state index is 11.5. The average molecular weight is 316 g/mol. The van der Waals surface area contributed by atoms with E-state index in [-0.39, 0.29) is 17.9 Å². The van der Waals surface area contributed by atoms with Gasteiger partial charge in [0.25, 0.3) is 0 Å². The van der Waals surface area contributed by atoms with Crippen LogP contribution in [-0.2, 0) is 11.2 Å². The van der Waals surface area contributed by atoms with Crippen LogP contribution in [0.15, 0.2) is 34.9 Å². The van der Waals surface area contributed by atoms with Gasteiger partial charge in [-0.25, -0.2) is 10.9 Å². The molecule has 0 aliphatic carbocycles. The normalized spacial score (nSPS) is 24.2. The third-order valence-corrected chi connectivity index (χ3v) is 4.09. The van der Waals surface area contributed by atoms with Crippen LogP contribution >= 0.6 is 0 Å². The molecule has 0 bridgehead atoms. The molecule has 0 radical (unpaired) electrons. The lowest BCUT2D eigenvalue weighted by molar-refractivity contribution is -0.140. The second-order valence-corrected chi connectivity index (χ2v) is 6.06. The fourth-order valence-corrected chi connectivity index (χ4v) is 2.84. The van der Waals surface area contributed by atoms with Gasteiger partial charge in [-0.2, -0.15) is 4.98 Å². The number of hydrogen-bond donors (Lipinski definition) is 3. The molecule has 1 aromatic heterocycles. The molecule has 1 saturated heterocycles. The van der Waals surface area contributed by atoms with Crippen molar-refractivity contribution in [2.75, 3.05) is 0 Å². The van der Waals surface area contributed by atoms with Gasteiger partial charge >= 0.3 is 5.97 Å². The van der Waals surface area contributed by atoms with Gasteiger partial charge in [0.15, 0.2) is 5.82 Å². The van der Waals surface area contributed by atoms with E-state index >= 15 is 0 Å². The zero-order valence-electron chi connectivity index (χ0n) is 13.1. The summed E-state index contributed by atoms with van der Waals surface area (Å²) in [5.74, 6) is 0.158. The van der Waals surface area contributed by atoms with Crippen molar-refractivity contribution in [1.82, 2.24) is 21.0 Å². The number of rotatable bonds is 5. The third kappa shape index (κ3) is 3.25. The number of aromatic nitrogens is 2. The Labute approximate surface area is 134 Å². The van der Waals surface area contributed by atoms with Crippen LogP contribution in [-0.4, -0.2) is 27.3 Å². The van der Waals surface area contributed by atoms with Crippen LogP contribution in [0.4, 0.5) is 0 Å². The summed E-state index contributed by atoms with van der Waals surface area (Å²) in [5.41, 5.74) is 6.97. The van der Waals surface area contributed by atoms with Gasteiger partial charge in [-0.3, -0.25) is 4.79 Å². The minimum absolute atomic E-state index is 0.133. The molecule has 0 amide bonds. The van der Waals surface area contributed by atoms with Crippen molar-refractivity contribution in [3.63, 3.8) is 0 Å². The molecule has 3 rings (SSSR count). The van der Waals surface area contributed by atoms with Crippen LogP contribution in [0.25, 0.3) is 0 Å². The minimum atomic E-state index is -0.899. The highest BCUT2D eigenvalue weighted by atomic mass is 16.5. The highest BCUT2D eigenvalue weighted by Crippen LogP contribution is 2.31. The maximum atomic E-state index is 11.5. The monoisotopic (exact) mass is 316 g/mol. The van der Waals surface area contributed by atoms with Gasteiger partial charge in [0.2, 0.25) is 5.89 Å². The van der Waals surface area contributed by atoms with Crippen LogP contribution in [0.1, 0.15) is 43.1 Å². The Hall–Kier alpha value is -2.25. The molecule has 1 aromatic carbocycles. The number of nitrogens with zero attached hydrogens (tertiary/aromatic N) is 2. The van der Waals surface area contributed by atoms with Crippen LogP contribution in [0, 0.1) is 5.92 Å². The first-order valence-corrected chi connectivity index (χ1v) is 7.67. The third-order valence-electron chi connectivity index (χ3n) is 4.09. The largest absolute Gasteiger partial charge is 0.480 e. The zero-order chi connectivity index (χ0) is 16.4. The van der Waals surface area contributed by atoms with E-state index in [0.717, 1.165) is 5.56 Å². The zero-order valence-corrected chi connectivity index (χ0v) is 13.1. The first-order chi connectivity index (χ1) is 11.1. The number of carboxylic acids is 1. The van der Waals surface area contributed by atoms with Gasteiger partial charge in [0, 0.05) is 18.3 Å². The van der Waals surface area contributed by atoms with Crippen molar-refractivity contribution in [2.24, 2.45) is 5.92 Å². The summed E-state index contributed by atoms with van der Waals surface area (Å²) in [6.45, 7) is 3.97. The summed E-state index contributed by atoms with van der Waals surface area (Å²) in [6, 6.07) is 8.91. The average Bonchev–Trinajstić information content (AvgIpc) is 3.16. The summed E-state index contributed by atoms with van der Waals surface area (Å²) in [4.78, 5) is 15.9.